The van der Waals surface area contributed by atoms with E-state index in [1.54, 1.807) is 18.2 Å². The van der Waals surface area contributed by atoms with E-state index in [1.807, 2.05) is 0 Å². The number of aliphatic hydroxyl groups excluding tert-OH is 1. The Balaban J connectivity index is 2.70. The fourth-order valence-corrected chi connectivity index (χ4v) is 1.83. The van der Waals surface area contributed by atoms with E-state index >= 15 is 0 Å². The van der Waals surface area contributed by atoms with Crippen molar-refractivity contribution in [2.45, 2.75) is 24.6 Å². The van der Waals surface area contributed by atoms with Crippen molar-refractivity contribution >= 4 is 0 Å². The molecule has 0 radical (unpaired) electrons. The third-order valence-corrected chi connectivity index (χ3v) is 2.64. The highest BCUT2D eigenvalue weighted by molar-refractivity contribution is 4.88. The van der Waals surface area contributed by atoms with Crippen molar-refractivity contribution < 1.29 is 24.1 Å². The zero-order valence-electron chi connectivity index (χ0n) is 11.1. The first-order valence-corrected chi connectivity index (χ1v) is 6.21. The van der Waals surface area contributed by atoms with Gasteiger partial charge in [-0.1, -0.05) is 18.2 Å². The molecule has 5 heteroatoms. The Morgan fingerprint density at radius 1 is 0.947 bits per heavy atom. The molecule has 1 saturated heterocycles. The van der Waals surface area contributed by atoms with E-state index in [1.165, 1.54) is 0 Å². The van der Waals surface area contributed by atoms with Gasteiger partial charge in [0.2, 0.25) is 0 Å². The fourth-order valence-electron chi connectivity index (χ4n) is 1.83. The average Bonchev–Trinajstić information content (AvgIpc) is 2.42. The quantitative estimate of drug-likeness (QED) is 0.635. The van der Waals surface area contributed by atoms with Gasteiger partial charge in [0, 0.05) is 0 Å². The lowest BCUT2D eigenvalue weighted by molar-refractivity contribution is -0.275. The Bertz CT molecular complexity index is 292. The molecule has 1 rings (SSSR count). The monoisotopic (exact) mass is 270 g/mol. The third-order valence-electron chi connectivity index (χ3n) is 2.64. The Hall–Kier alpha value is -0.980. The van der Waals surface area contributed by atoms with Gasteiger partial charge in [-0.05, 0) is 0 Å². The summed E-state index contributed by atoms with van der Waals surface area (Å²) in [5.74, 6) is 0. The smallest absolute Gasteiger partial charge is 0.183 e. The van der Waals surface area contributed by atoms with Crippen molar-refractivity contribution in [1.82, 2.24) is 0 Å². The van der Waals surface area contributed by atoms with Crippen LogP contribution in [0.1, 0.15) is 0 Å². The zero-order valence-corrected chi connectivity index (χ0v) is 11.1. The van der Waals surface area contributed by atoms with Gasteiger partial charge in [-0.2, -0.15) is 0 Å². The molecule has 0 aromatic carbocycles. The van der Waals surface area contributed by atoms with E-state index in [0.717, 1.165) is 0 Å². The molecule has 0 amide bonds. The highest BCUT2D eigenvalue weighted by Crippen LogP contribution is 2.22. The van der Waals surface area contributed by atoms with Gasteiger partial charge < -0.3 is 24.1 Å². The topological polar surface area (TPSA) is 57.2 Å². The summed E-state index contributed by atoms with van der Waals surface area (Å²) in [5, 5.41) is 9.85. The second-order valence-electron chi connectivity index (χ2n) is 4.06. The minimum absolute atomic E-state index is 0.241. The summed E-state index contributed by atoms with van der Waals surface area (Å²) in [5.41, 5.74) is 0. The number of rotatable bonds is 9. The van der Waals surface area contributed by atoms with Crippen molar-refractivity contribution in [2.75, 3.05) is 26.4 Å². The standard InChI is InChI=1S/C14H22O5/c1-4-7-16-11-10-19-14(15)13(18-9-6-3)12(11)17-8-5-2/h4-6,11-15H,1-3,7-10H2. The summed E-state index contributed by atoms with van der Waals surface area (Å²) in [6.07, 6.45) is 2.47. The van der Waals surface area contributed by atoms with E-state index in [2.05, 4.69) is 19.7 Å². The lowest BCUT2D eigenvalue weighted by Gasteiger charge is -2.39. The number of hydrogen-bond acceptors (Lipinski definition) is 5. The molecular weight excluding hydrogens is 248 g/mol. The van der Waals surface area contributed by atoms with Crippen LogP contribution in [-0.2, 0) is 18.9 Å². The van der Waals surface area contributed by atoms with Crippen LogP contribution < -0.4 is 0 Å². The number of hydrogen-bond donors (Lipinski definition) is 1. The first-order chi connectivity index (χ1) is 9.24. The molecule has 1 N–H and O–H groups in total. The predicted octanol–water partition coefficient (Wildman–Crippen LogP) is 1.05. The summed E-state index contributed by atoms with van der Waals surface area (Å²) in [6, 6.07) is 0. The SMILES string of the molecule is C=CCOC1COC(O)C(OCC=C)C1OCC=C. The summed E-state index contributed by atoms with van der Waals surface area (Å²) >= 11 is 0. The molecule has 1 aliphatic heterocycles. The van der Waals surface area contributed by atoms with Crippen LogP contribution in [-0.4, -0.2) is 56.1 Å². The van der Waals surface area contributed by atoms with Crippen molar-refractivity contribution in [3.63, 3.8) is 0 Å². The molecule has 0 saturated carbocycles. The van der Waals surface area contributed by atoms with Gasteiger partial charge in [0.05, 0.1) is 26.4 Å². The van der Waals surface area contributed by atoms with Gasteiger partial charge in [0.1, 0.15) is 18.3 Å². The molecule has 19 heavy (non-hydrogen) atoms. The van der Waals surface area contributed by atoms with Crippen molar-refractivity contribution in [3.05, 3.63) is 38.0 Å². The highest BCUT2D eigenvalue weighted by Gasteiger charge is 2.41. The first-order valence-electron chi connectivity index (χ1n) is 6.21. The first kappa shape index (κ1) is 16.1. The molecule has 1 heterocycles. The minimum Gasteiger partial charge on any atom is -0.369 e. The van der Waals surface area contributed by atoms with Crippen LogP contribution in [0.3, 0.4) is 0 Å². The lowest BCUT2D eigenvalue weighted by Crippen LogP contribution is -2.56. The van der Waals surface area contributed by atoms with E-state index in [0.29, 0.717) is 19.8 Å². The fraction of sp³-hybridized carbons (Fsp3) is 0.571. The van der Waals surface area contributed by atoms with E-state index in [9.17, 15) is 5.11 Å². The van der Waals surface area contributed by atoms with Crippen LogP contribution in [0.4, 0.5) is 0 Å². The second kappa shape index (κ2) is 9.01. The summed E-state index contributed by atoms with van der Waals surface area (Å²) in [7, 11) is 0. The van der Waals surface area contributed by atoms with Crippen LogP contribution in [0.2, 0.25) is 0 Å². The van der Waals surface area contributed by atoms with Crippen LogP contribution in [0, 0.1) is 0 Å². The van der Waals surface area contributed by atoms with Crippen LogP contribution in [0.25, 0.3) is 0 Å². The largest absolute Gasteiger partial charge is 0.369 e. The molecule has 5 nitrogen and oxygen atoms in total. The number of ether oxygens (including phenoxy) is 4. The van der Waals surface area contributed by atoms with E-state index in [4.69, 9.17) is 18.9 Å². The van der Waals surface area contributed by atoms with Crippen molar-refractivity contribution in [1.29, 1.82) is 0 Å². The highest BCUT2D eigenvalue weighted by atomic mass is 16.7. The van der Waals surface area contributed by atoms with Crippen molar-refractivity contribution in [2.24, 2.45) is 0 Å². The van der Waals surface area contributed by atoms with E-state index < -0.39 is 18.5 Å². The van der Waals surface area contributed by atoms with Crippen molar-refractivity contribution in [3.8, 4) is 0 Å². The van der Waals surface area contributed by atoms with Crippen LogP contribution >= 0.6 is 0 Å². The van der Waals surface area contributed by atoms with E-state index in [-0.39, 0.29) is 12.7 Å². The zero-order chi connectivity index (χ0) is 14.1. The second-order valence-corrected chi connectivity index (χ2v) is 4.06. The summed E-state index contributed by atoms with van der Waals surface area (Å²) in [4.78, 5) is 0. The predicted molar refractivity (Wildman–Crippen MR) is 71.8 cm³/mol. The molecule has 4 unspecified atom stereocenters. The third kappa shape index (κ3) is 4.89. The summed E-state index contributed by atoms with van der Waals surface area (Å²) in [6.45, 7) is 12.0. The maximum absolute atomic E-state index is 9.85. The Morgan fingerprint density at radius 2 is 1.47 bits per heavy atom. The van der Waals surface area contributed by atoms with Gasteiger partial charge in [0.25, 0.3) is 0 Å². The van der Waals surface area contributed by atoms with Crippen LogP contribution in [0.5, 0.6) is 0 Å². The van der Waals surface area contributed by atoms with Gasteiger partial charge in [0.15, 0.2) is 6.29 Å². The Labute approximate surface area is 114 Å². The maximum Gasteiger partial charge on any atom is 0.183 e. The Kier molecular flexibility index (Phi) is 7.62. The van der Waals surface area contributed by atoms with Gasteiger partial charge >= 0.3 is 0 Å². The normalized spacial score (nSPS) is 30.8. The molecule has 108 valence electrons. The van der Waals surface area contributed by atoms with Gasteiger partial charge in [-0.3, -0.25) is 0 Å². The minimum atomic E-state index is -1.04. The van der Waals surface area contributed by atoms with Gasteiger partial charge in [-0.25, -0.2) is 0 Å². The molecule has 4 atom stereocenters. The molecular formula is C14H22O5. The molecule has 0 aliphatic carbocycles. The number of aliphatic hydroxyl groups is 1. The molecule has 0 bridgehead atoms. The summed E-state index contributed by atoms with van der Waals surface area (Å²) < 4.78 is 22.0. The molecule has 0 aromatic heterocycles. The molecule has 1 aliphatic rings. The molecule has 0 aromatic rings. The molecule has 0 spiro atoms. The molecule has 1 fully saturated rings. The van der Waals surface area contributed by atoms with Gasteiger partial charge in [-0.15, -0.1) is 19.7 Å². The average molecular weight is 270 g/mol. The van der Waals surface area contributed by atoms with Crippen LogP contribution in [0.15, 0.2) is 38.0 Å². The lowest BCUT2D eigenvalue weighted by atomic mass is 10.0. The maximum atomic E-state index is 9.85. The Morgan fingerprint density at radius 3 is 2.05 bits per heavy atom.